The first-order chi connectivity index (χ1) is 9.10. The normalized spacial score (nSPS) is 12.1. The third-order valence-corrected chi connectivity index (χ3v) is 2.71. The van der Waals surface area contributed by atoms with E-state index >= 15 is 0 Å². The van der Waals surface area contributed by atoms with Crippen LogP contribution in [0.3, 0.4) is 0 Å². The van der Waals surface area contributed by atoms with E-state index in [9.17, 15) is 4.79 Å². The van der Waals surface area contributed by atoms with Crippen molar-refractivity contribution in [3.8, 4) is 0 Å². The number of carboxylic acids is 1. The molecule has 0 aromatic carbocycles. The van der Waals surface area contributed by atoms with Gasteiger partial charge in [0.2, 0.25) is 0 Å². The molecule has 2 rings (SSSR count). The topological polar surface area (TPSA) is 92.9 Å². The molecule has 0 fully saturated rings. The van der Waals surface area contributed by atoms with Gasteiger partial charge in [-0.15, -0.1) is 0 Å². The number of carboxylic acid groups (broad SMARTS) is 1. The van der Waals surface area contributed by atoms with Crippen molar-refractivity contribution in [2.75, 3.05) is 5.32 Å². The quantitative estimate of drug-likeness (QED) is 0.848. The lowest BCUT2D eigenvalue weighted by molar-refractivity contribution is 0.0690. The second kappa shape index (κ2) is 5.47. The number of aryl methyl sites for hydroxylation is 1. The van der Waals surface area contributed by atoms with E-state index in [0.717, 1.165) is 12.1 Å². The van der Waals surface area contributed by atoms with Crippen molar-refractivity contribution < 1.29 is 9.90 Å². The van der Waals surface area contributed by atoms with Gasteiger partial charge in [-0.1, -0.05) is 0 Å². The number of carbonyl (C=O) groups is 1. The summed E-state index contributed by atoms with van der Waals surface area (Å²) in [7, 11) is 0. The summed E-state index contributed by atoms with van der Waals surface area (Å²) < 4.78 is 1.84. The second-order valence-corrected chi connectivity index (χ2v) is 4.09. The predicted molar refractivity (Wildman–Crippen MR) is 68.9 cm³/mol. The van der Waals surface area contributed by atoms with Gasteiger partial charge >= 0.3 is 5.97 Å². The van der Waals surface area contributed by atoms with E-state index < -0.39 is 5.97 Å². The van der Waals surface area contributed by atoms with Gasteiger partial charge in [0.1, 0.15) is 5.82 Å². The lowest BCUT2D eigenvalue weighted by Gasteiger charge is -2.12. The van der Waals surface area contributed by atoms with Crippen LogP contribution in [0.25, 0.3) is 0 Å². The number of aromatic nitrogens is 4. The molecule has 7 nitrogen and oxygen atoms in total. The summed E-state index contributed by atoms with van der Waals surface area (Å²) in [4.78, 5) is 18.5. The highest BCUT2D eigenvalue weighted by atomic mass is 16.4. The maximum Gasteiger partial charge on any atom is 0.356 e. The van der Waals surface area contributed by atoms with Gasteiger partial charge < -0.3 is 10.4 Å². The highest BCUT2D eigenvalue weighted by molar-refractivity contribution is 5.84. The summed E-state index contributed by atoms with van der Waals surface area (Å²) in [6, 6.07) is 0.0188. The molecule has 0 bridgehead atoms. The number of aromatic carboxylic acids is 1. The van der Waals surface area contributed by atoms with Crippen molar-refractivity contribution >= 4 is 11.8 Å². The molecule has 0 radical (unpaired) electrons. The number of hydrogen-bond acceptors (Lipinski definition) is 5. The van der Waals surface area contributed by atoms with Crippen LogP contribution in [0.2, 0.25) is 0 Å². The van der Waals surface area contributed by atoms with E-state index in [1.54, 1.807) is 6.20 Å². The Bertz CT molecular complexity index is 564. The number of nitrogens with one attached hydrogen (secondary N) is 1. The Morgan fingerprint density at radius 2 is 2.21 bits per heavy atom. The second-order valence-electron chi connectivity index (χ2n) is 4.09. The summed E-state index contributed by atoms with van der Waals surface area (Å²) in [6.07, 6.45) is 6.38. The minimum atomic E-state index is -1.09. The maximum absolute atomic E-state index is 10.7. The number of nitrogens with zero attached hydrogens (tertiary/aromatic N) is 4. The average Bonchev–Trinajstić information content (AvgIpc) is 2.88. The zero-order chi connectivity index (χ0) is 13.8. The highest BCUT2D eigenvalue weighted by Crippen LogP contribution is 2.16. The van der Waals surface area contributed by atoms with E-state index in [1.165, 1.54) is 12.4 Å². The number of rotatable bonds is 5. The van der Waals surface area contributed by atoms with Crippen LogP contribution < -0.4 is 5.32 Å². The average molecular weight is 261 g/mol. The van der Waals surface area contributed by atoms with Crippen LogP contribution in [0.1, 0.15) is 35.9 Å². The first-order valence-corrected chi connectivity index (χ1v) is 5.94. The molecule has 0 amide bonds. The molecule has 0 aliphatic carbocycles. The van der Waals surface area contributed by atoms with Crippen molar-refractivity contribution in [3.05, 3.63) is 36.0 Å². The van der Waals surface area contributed by atoms with Crippen molar-refractivity contribution in [2.45, 2.75) is 26.4 Å². The molecule has 2 aromatic rings. The summed E-state index contributed by atoms with van der Waals surface area (Å²) in [5, 5.41) is 16.1. The number of anilines is 1. The van der Waals surface area contributed by atoms with Gasteiger partial charge in [0, 0.05) is 18.3 Å². The Balaban J connectivity index is 2.05. The first kappa shape index (κ1) is 13.0. The highest BCUT2D eigenvalue weighted by Gasteiger charge is 2.10. The lowest BCUT2D eigenvalue weighted by atomic mass is 10.2. The van der Waals surface area contributed by atoms with Gasteiger partial charge in [-0.25, -0.2) is 14.8 Å². The van der Waals surface area contributed by atoms with E-state index in [0.29, 0.717) is 5.82 Å². The fraction of sp³-hybridized carbons (Fsp3) is 0.333. The van der Waals surface area contributed by atoms with Crippen LogP contribution >= 0.6 is 0 Å². The minimum Gasteiger partial charge on any atom is -0.476 e. The summed E-state index contributed by atoms with van der Waals surface area (Å²) in [5.74, 6) is -0.557. The van der Waals surface area contributed by atoms with E-state index in [2.05, 4.69) is 20.4 Å². The van der Waals surface area contributed by atoms with Gasteiger partial charge in [0.25, 0.3) is 0 Å². The molecule has 0 spiro atoms. The molecule has 0 aliphatic rings. The van der Waals surface area contributed by atoms with Gasteiger partial charge in [-0.05, 0) is 13.8 Å². The molecule has 0 saturated carbocycles. The molecule has 2 N–H and O–H groups in total. The van der Waals surface area contributed by atoms with Gasteiger partial charge in [-0.3, -0.25) is 4.68 Å². The first-order valence-electron chi connectivity index (χ1n) is 5.94. The third-order valence-electron chi connectivity index (χ3n) is 2.71. The standard InChI is InChI=1S/C12H15N5O2/c1-3-17-7-9(4-15-17)8(2)16-11-6-13-10(5-14-11)12(18)19/h4-8H,3H2,1-2H3,(H,14,16)(H,18,19). The zero-order valence-electron chi connectivity index (χ0n) is 10.7. The molecule has 2 aromatic heterocycles. The third kappa shape index (κ3) is 3.06. The zero-order valence-corrected chi connectivity index (χ0v) is 10.7. The van der Waals surface area contributed by atoms with Crippen LogP contribution in [-0.2, 0) is 6.54 Å². The Labute approximate surface area is 110 Å². The largest absolute Gasteiger partial charge is 0.476 e. The van der Waals surface area contributed by atoms with Crippen LogP contribution in [-0.4, -0.2) is 30.8 Å². The molecule has 2 heterocycles. The molecule has 7 heteroatoms. The summed E-state index contributed by atoms with van der Waals surface area (Å²) in [6.45, 7) is 4.81. The Kier molecular flexibility index (Phi) is 3.74. The van der Waals surface area contributed by atoms with Crippen molar-refractivity contribution in [1.29, 1.82) is 0 Å². The van der Waals surface area contributed by atoms with Gasteiger partial charge in [-0.2, -0.15) is 5.10 Å². The molecule has 1 atom stereocenters. The fourth-order valence-corrected chi connectivity index (χ4v) is 1.59. The molecular weight excluding hydrogens is 246 g/mol. The van der Waals surface area contributed by atoms with Crippen LogP contribution in [0.15, 0.2) is 24.8 Å². The van der Waals surface area contributed by atoms with Crippen LogP contribution in [0.4, 0.5) is 5.82 Å². The Hall–Kier alpha value is -2.44. The van der Waals surface area contributed by atoms with Crippen molar-refractivity contribution in [3.63, 3.8) is 0 Å². The Morgan fingerprint density at radius 1 is 1.42 bits per heavy atom. The predicted octanol–water partition coefficient (Wildman–Crippen LogP) is 1.56. The molecule has 0 aliphatic heterocycles. The SMILES string of the molecule is CCn1cc(C(C)Nc2cnc(C(=O)O)cn2)cn1. The van der Waals surface area contributed by atoms with Crippen molar-refractivity contribution in [1.82, 2.24) is 19.7 Å². The van der Waals surface area contributed by atoms with E-state index in [1.807, 2.05) is 24.7 Å². The van der Waals surface area contributed by atoms with Crippen LogP contribution in [0.5, 0.6) is 0 Å². The fourth-order valence-electron chi connectivity index (χ4n) is 1.59. The summed E-state index contributed by atoms with van der Waals surface area (Å²) in [5.41, 5.74) is 0.961. The molecule has 1 unspecified atom stereocenters. The molecule has 100 valence electrons. The summed E-state index contributed by atoms with van der Waals surface area (Å²) >= 11 is 0. The Morgan fingerprint density at radius 3 is 2.74 bits per heavy atom. The van der Waals surface area contributed by atoms with Crippen LogP contribution in [0, 0.1) is 0 Å². The van der Waals surface area contributed by atoms with E-state index in [-0.39, 0.29) is 11.7 Å². The maximum atomic E-state index is 10.7. The molecule has 0 saturated heterocycles. The lowest BCUT2D eigenvalue weighted by Crippen LogP contribution is -2.09. The smallest absolute Gasteiger partial charge is 0.356 e. The molecule has 19 heavy (non-hydrogen) atoms. The number of hydrogen-bond donors (Lipinski definition) is 2. The van der Waals surface area contributed by atoms with Gasteiger partial charge in [0.05, 0.1) is 24.6 Å². The van der Waals surface area contributed by atoms with Crippen molar-refractivity contribution in [2.24, 2.45) is 0 Å². The minimum absolute atomic E-state index is 0.0188. The molecular formula is C12H15N5O2. The van der Waals surface area contributed by atoms with E-state index in [4.69, 9.17) is 5.11 Å². The monoisotopic (exact) mass is 261 g/mol. The van der Waals surface area contributed by atoms with Gasteiger partial charge in [0.15, 0.2) is 5.69 Å².